The fraction of sp³-hybridized carbons (Fsp3) is 0.217. The van der Waals surface area contributed by atoms with Crippen LogP contribution in [0.5, 0.6) is 11.5 Å². The Morgan fingerprint density at radius 3 is 2.61 bits per heavy atom. The van der Waals surface area contributed by atoms with E-state index in [4.69, 9.17) is 20.2 Å². The molecule has 2 aromatic carbocycles. The predicted molar refractivity (Wildman–Crippen MR) is 129 cm³/mol. The molecule has 0 atom stereocenters. The van der Waals surface area contributed by atoms with Crippen molar-refractivity contribution in [1.82, 2.24) is 9.97 Å². The molecule has 4 rings (SSSR count). The number of anilines is 1. The topological polar surface area (TPSA) is 73.5 Å². The smallest absolute Gasteiger partial charge is 0.186 e. The highest BCUT2D eigenvalue weighted by Crippen LogP contribution is 2.34. The number of nitrogens with zero attached hydrogens (tertiary/aromatic N) is 3. The Hall–Kier alpha value is -2.82. The molecule has 2 heterocycles. The Bertz CT molecular complexity index is 1250. The number of fused-ring (bicyclic) bond motifs is 1. The summed E-state index contributed by atoms with van der Waals surface area (Å²) in [5, 5.41) is 0.832. The quantitative estimate of drug-likeness (QED) is 0.314. The lowest BCUT2D eigenvalue weighted by molar-refractivity contribution is 0.274. The second-order valence-corrected chi connectivity index (χ2v) is 9.01. The van der Waals surface area contributed by atoms with Crippen LogP contribution in [0.4, 0.5) is 13.9 Å². The van der Waals surface area contributed by atoms with Gasteiger partial charge in [0.15, 0.2) is 16.6 Å². The third kappa shape index (κ3) is 5.23. The van der Waals surface area contributed by atoms with Gasteiger partial charge < -0.3 is 20.1 Å². The van der Waals surface area contributed by atoms with Crippen molar-refractivity contribution in [2.75, 3.05) is 25.1 Å². The molecular weight excluding hydrogens is 514 g/mol. The highest BCUT2D eigenvalue weighted by molar-refractivity contribution is 9.10. The molecule has 33 heavy (non-hydrogen) atoms. The largest absolute Gasteiger partial charge is 0.493 e. The van der Waals surface area contributed by atoms with Crippen LogP contribution in [0, 0.1) is 11.6 Å². The minimum Gasteiger partial charge on any atom is -0.493 e. The van der Waals surface area contributed by atoms with Gasteiger partial charge in [0.05, 0.1) is 21.8 Å². The number of benzene rings is 2. The van der Waals surface area contributed by atoms with E-state index >= 15 is 0 Å². The van der Waals surface area contributed by atoms with Gasteiger partial charge in [-0.15, -0.1) is 0 Å². The lowest BCUT2D eigenvalue weighted by atomic mass is 10.2. The number of halogens is 3. The number of hydrogen-bond donors (Lipinski definition) is 1. The number of nitrogens with two attached hydrogens (primary N) is 1. The molecule has 172 valence electrons. The lowest BCUT2D eigenvalue weighted by Crippen LogP contribution is -2.28. The maximum Gasteiger partial charge on any atom is 0.186 e. The molecule has 2 N–H and O–H groups in total. The minimum absolute atomic E-state index is 0.130. The summed E-state index contributed by atoms with van der Waals surface area (Å²) in [6, 6.07) is 9.16. The van der Waals surface area contributed by atoms with Crippen molar-refractivity contribution in [3.05, 3.63) is 76.0 Å². The first kappa shape index (κ1) is 23.3. The van der Waals surface area contributed by atoms with Crippen LogP contribution in [0.25, 0.3) is 10.2 Å². The van der Waals surface area contributed by atoms with E-state index < -0.39 is 11.6 Å². The van der Waals surface area contributed by atoms with Gasteiger partial charge in [-0.1, -0.05) is 23.5 Å². The van der Waals surface area contributed by atoms with Crippen molar-refractivity contribution in [1.29, 1.82) is 0 Å². The number of ether oxygens (including phenoxy) is 2. The van der Waals surface area contributed by atoms with Gasteiger partial charge in [-0.3, -0.25) is 4.98 Å². The van der Waals surface area contributed by atoms with Crippen LogP contribution in [0.3, 0.4) is 0 Å². The molecule has 6 nitrogen and oxygen atoms in total. The molecule has 2 aromatic heterocycles. The number of methoxy groups -OCH3 is 1. The number of aromatic nitrogens is 2. The van der Waals surface area contributed by atoms with Crippen molar-refractivity contribution < 1.29 is 18.3 Å². The Morgan fingerprint density at radius 2 is 1.91 bits per heavy atom. The van der Waals surface area contributed by atoms with Gasteiger partial charge in [-0.2, -0.15) is 0 Å². The standard InChI is InChI=1S/C23H21BrF2N4O2S/c1-31-20-9-14(5-6-19(20)32-13-15-17(25)3-2-4-18(15)26)12-30(8-7-27)23-29-22-16(24)10-28-11-21(22)33-23/h2-6,9-11H,7-8,12-13,27H2,1H3. The van der Waals surface area contributed by atoms with Crippen LogP contribution in [-0.2, 0) is 13.2 Å². The highest BCUT2D eigenvalue weighted by atomic mass is 79.9. The van der Waals surface area contributed by atoms with Gasteiger partial charge in [-0.25, -0.2) is 13.8 Å². The van der Waals surface area contributed by atoms with Crippen LogP contribution in [0.1, 0.15) is 11.1 Å². The van der Waals surface area contributed by atoms with E-state index in [9.17, 15) is 8.78 Å². The predicted octanol–water partition coefficient (Wildman–Crippen LogP) is 5.28. The molecule has 0 spiro atoms. The molecule has 0 radical (unpaired) electrons. The third-order valence-corrected chi connectivity index (χ3v) is 6.58. The van der Waals surface area contributed by atoms with Gasteiger partial charge in [-0.05, 0) is 45.8 Å². The average Bonchev–Trinajstić information content (AvgIpc) is 3.25. The number of thiazole rings is 1. The normalized spacial score (nSPS) is 11.1. The van der Waals surface area contributed by atoms with E-state index in [-0.39, 0.29) is 12.2 Å². The monoisotopic (exact) mass is 534 g/mol. The Balaban J connectivity index is 1.54. The summed E-state index contributed by atoms with van der Waals surface area (Å²) in [5.74, 6) is -0.446. The summed E-state index contributed by atoms with van der Waals surface area (Å²) in [6.45, 7) is 1.36. The Morgan fingerprint density at radius 1 is 1.12 bits per heavy atom. The SMILES string of the molecule is COc1cc(CN(CCN)c2nc3c(Br)cncc3s2)ccc1OCc1c(F)cccc1F. The van der Waals surface area contributed by atoms with E-state index in [1.54, 1.807) is 29.8 Å². The summed E-state index contributed by atoms with van der Waals surface area (Å²) in [7, 11) is 1.52. The molecule has 0 amide bonds. The van der Waals surface area contributed by atoms with E-state index in [0.717, 1.165) is 25.4 Å². The van der Waals surface area contributed by atoms with E-state index in [1.165, 1.54) is 25.3 Å². The van der Waals surface area contributed by atoms with Crippen molar-refractivity contribution in [2.24, 2.45) is 5.73 Å². The lowest BCUT2D eigenvalue weighted by Gasteiger charge is -2.22. The fourth-order valence-corrected chi connectivity index (χ4v) is 4.85. The molecule has 0 bridgehead atoms. The van der Waals surface area contributed by atoms with Gasteiger partial charge >= 0.3 is 0 Å². The zero-order valence-electron chi connectivity index (χ0n) is 17.7. The van der Waals surface area contributed by atoms with E-state index in [0.29, 0.717) is 31.1 Å². The Labute approximate surface area is 202 Å². The molecular formula is C23H21BrF2N4O2S. The minimum atomic E-state index is -0.652. The van der Waals surface area contributed by atoms with Crippen molar-refractivity contribution in [3.63, 3.8) is 0 Å². The van der Waals surface area contributed by atoms with Crippen LogP contribution in [-0.4, -0.2) is 30.2 Å². The molecule has 0 saturated carbocycles. The molecule has 10 heteroatoms. The van der Waals surface area contributed by atoms with Crippen LogP contribution >= 0.6 is 27.3 Å². The molecule has 0 fully saturated rings. The van der Waals surface area contributed by atoms with E-state index in [2.05, 4.69) is 25.8 Å². The zero-order chi connectivity index (χ0) is 23.4. The number of pyridine rings is 1. The van der Waals surface area contributed by atoms with Gasteiger partial charge in [0, 0.05) is 32.0 Å². The molecule has 0 saturated heterocycles. The summed E-state index contributed by atoms with van der Waals surface area (Å²) >= 11 is 5.03. The van der Waals surface area contributed by atoms with Crippen molar-refractivity contribution >= 4 is 42.6 Å². The van der Waals surface area contributed by atoms with Gasteiger partial charge in [0.1, 0.15) is 23.8 Å². The first-order chi connectivity index (χ1) is 16.0. The molecule has 0 aliphatic carbocycles. The highest BCUT2D eigenvalue weighted by Gasteiger charge is 2.16. The van der Waals surface area contributed by atoms with Crippen LogP contribution in [0.2, 0.25) is 0 Å². The third-order valence-electron chi connectivity index (χ3n) is 4.95. The second-order valence-electron chi connectivity index (χ2n) is 7.15. The molecule has 0 aliphatic heterocycles. The summed E-state index contributed by atoms with van der Waals surface area (Å²) in [4.78, 5) is 11.0. The summed E-state index contributed by atoms with van der Waals surface area (Å²) in [5.41, 5.74) is 7.52. The maximum absolute atomic E-state index is 13.9. The average molecular weight is 535 g/mol. The number of rotatable bonds is 9. The maximum atomic E-state index is 13.9. The second kappa shape index (κ2) is 10.4. The summed E-state index contributed by atoms with van der Waals surface area (Å²) < 4.78 is 40.7. The first-order valence-corrected chi connectivity index (χ1v) is 11.7. The Kier molecular flexibility index (Phi) is 7.36. The van der Waals surface area contributed by atoms with Gasteiger partial charge in [0.25, 0.3) is 0 Å². The van der Waals surface area contributed by atoms with Crippen LogP contribution in [0.15, 0.2) is 53.3 Å². The molecule has 0 aliphatic rings. The van der Waals surface area contributed by atoms with E-state index in [1.807, 2.05) is 12.1 Å². The van der Waals surface area contributed by atoms with Crippen LogP contribution < -0.4 is 20.1 Å². The first-order valence-electron chi connectivity index (χ1n) is 10.1. The number of hydrogen-bond acceptors (Lipinski definition) is 7. The van der Waals surface area contributed by atoms with Gasteiger partial charge in [0.2, 0.25) is 0 Å². The molecule has 4 aromatic rings. The zero-order valence-corrected chi connectivity index (χ0v) is 20.1. The van der Waals surface area contributed by atoms with Crippen molar-refractivity contribution in [3.8, 4) is 11.5 Å². The van der Waals surface area contributed by atoms with Crippen molar-refractivity contribution in [2.45, 2.75) is 13.2 Å². The molecule has 0 unspecified atom stereocenters. The fourth-order valence-electron chi connectivity index (χ4n) is 3.31. The summed E-state index contributed by atoms with van der Waals surface area (Å²) in [6.07, 6.45) is 3.51.